The van der Waals surface area contributed by atoms with Gasteiger partial charge in [-0.05, 0) is 36.6 Å². The number of benzene rings is 2. The fourth-order valence-corrected chi connectivity index (χ4v) is 2.21. The van der Waals surface area contributed by atoms with Crippen molar-refractivity contribution in [3.05, 3.63) is 82.4 Å². The van der Waals surface area contributed by atoms with Crippen LogP contribution in [0, 0.1) is 17.0 Å². The third kappa shape index (κ3) is 3.92. The van der Waals surface area contributed by atoms with Crippen LogP contribution in [-0.4, -0.2) is 4.92 Å². The summed E-state index contributed by atoms with van der Waals surface area (Å²) < 4.78 is 0. The predicted octanol–water partition coefficient (Wildman–Crippen LogP) is 4.63. The van der Waals surface area contributed by atoms with Crippen LogP contribution in [0.5, 0.6) is 0 Å². The van der Waals surface area contributed by atoms with Gasteiger partial charge in [0.25, 0.3) is 5.69 Å². The summed E-state index contributed by atoms with van der Waals surface area (Å²) in [7, 11) is 0. The second-order valence-corrected chi connectivity index (χ2v) is 4.94. The Morgan fingerprint density at radius 2 is 2.00 bits per heavy atom. The number of rotatable bonds is 6. The third-order valence-electron chi connectivity index (χ3n) is 3.27. The molecule has 1 atom stereocenters. The van der Waals surface area contributed by atoms with Gasteiger partial charge in [-0.15, -0.1) is 6.58 Å². The SMILES string of the molecule is C=CCC(Nc1cccc(C)c1)c1ccc([N+](=O)[O-])cc1. The molecule has 1 unspecified atom stereocenters. The van der Waals surface area contributed by atoms with Gasteiger partial charge in [0.15, 0.2) is 0 Å². The van der Waals surface area contributed by atoms with Gasteiger partial charge in [-0.2, -0.15) is 0 Å². The van der Waals surface area contributed by atoms with E-state index in [0.29, 0.717) is 0 Å². The molecule has 108 valence electrons. The Morgan fingerprint density at radius 3 is 2.57 bits per heavy atom. The molecule has 0 bridgehead atoms. The van der Waals surface area contributed by atoms with Crippen molar-refractivity contribution in [1.82, 2.24) is 0 Å². The minimum atomic E-state index is -0.389. The van der Waals surface area contributed by atoms with Crippen molar-refractivity contribution in [2.45, 2.75) is 19.4 Å². The second-order valence-electron chi connectivity index (χ2n) is 4.94. The number of non-ortho nitro benzene ring substituents is 1. The van der Waals surface area contributed by atoms with Gasteiger partial charge >= 0.3 is 0 Å². The van der Waals surface area contributed by atoms with E-state index in [9.17, 15) is 10.1 Å². The molecule has 0 saturated heterocycles. The predicted molar refractivity (Wildman–Crippen MR) is 85.5 cm³/mol. The Hall–Kier alpha value is -2.62. The molecule has 2 rings (SSSR count). The summed E-state index contributed by atoms with van der Waals surface area (Å²) in [5.74, 6) is 0. The first kappa shape index (κ1) is 14.8. The first-order valence-corrected chi connectivity index (χ1v) is 6.78. The van der Waals surface area contributed by atoms with Gasteiger partial charge in [-0.25, -0.2) is 0 Å². The lowest BCUT2D eigenvalue weighted by molar-refractivity contribution is -0.384. The molecule has 0 spiro atoms. The highest BCUT2D eigenvalue weighted by Crippen LogP contribution is 2.25. The van der Waals surface area contributed by atoms with E-state index >= 15 is 0 Å². The molecular weight excluding hydrogens is 264 g/mol. The summed E-state index contributed by atoms with van der Waals surface area (Å²) in [4.78, 5) is 10.3. The van der Waals surface area contributed by atoms with Crippen molar-refractivity contribution in [3.63, 3.8) is 0 Å². The highest BCUT2D eigenvalue weighted by atomic mass is 16.6. The van der Waals surface area contributed by atoms with Crippen LogP contribution in [0.3, 0.4) is 0 Å². The summed E-state index contributed by atoms with van der Waals surface area (Å²) in [6.07, 6.45) is 2.58. The molecule has 0 saturated carbocycles. The molecule has 0 aliphatic carbocycles. The topological polar surface area (TPSA) is 55.2 Å². The highest BCUT2D eigenvalue weighted by Gasteiger charge is 2.12. The average Bonchev–Trinajstić information content (AvgIpc) is 2.47. The Bertz CT molecular complexity index is 635. The molecule has 4 heteroatoms. The molecule has 0 aromatic heterocycles. The first-order valence-electron chi connectivity index (χ1n) is 6.78. The molecule has 0 aliphatic heterocycles. The second kappa shape index (κ2) is 6.70. The summed E-state index contributed by atoms with van der Waals surface area (Å²) >= 11 is 0. The maximum atomic E-state index is 10.7. The van der Waals surface area contributed by atoms with E-state index in [1.54, 1.807) is 12.1 Å². The van der Waals surface area contributed by atoms with Crippen molar-refractivity contribution in [3.8, 4) is 0 Å². The zero-order chi connectivity index (χ0) is 15.2. The molecule has 0 amide bonds. The van der Waals surface area contributed by atoms with Gasteiger partial charge in [0, 0.05) is 17.8 Å². The maximum absolute atomic E-state index is 10.7. The summed E-state index contributed by atoms with van der Waals surface area (Å²) in [5, 5.41) is 14.2. The lowest BCUT2D eigenvalue weighted by Crippen LogP contribution is -2.10. The van der Waals surface area contributed by atoms with Crippen molar-refractivity contribution in [2.24, 2.45) is 0 Å². The molecular formula is C17H18N2O2. The van der Waals surface area contributed by atoms with E-state index in [1.165, 1.54) is 17.7 Å². The van der Waals surface area contributed by atoms with E-state index < -0.39 is 0 Å². The van der Waals surface area contributed by atoms with Crippen LogP contribution in [0.15, 0.2) is 61.2 Å². The van der Waals surface area contributed by atoms with E-state index in [4.69, 9.17) is 0 Å². The number of nitro groups is 1. The van der Waals surface area contributed by atoms with Crippen molar-refractivity contribution in [1.29, 1.82) is 0 Å². The molecule has 21 heavy (non-hydrogen) atoms. The number of nitrogens with zero attached hydrogens (tertiary/aromatic N) is 1. The zero-order valence-electron chi connectivity index (χ0n) is 12.0. The van der Waals surface area contributed by atoms with Crippen LogP contribution in [0.25, 0.3) is 0 Å². The van der Waals surface area contributed by atoms with E-state index in [2.05, 4.69) is 18.0 Å². The lowest BCUT2D eigenvalue weighted by Gasteiger charge is -2.19. The van der Waals surface area contributed by atoms with Crippen molar-refractivity contribution in [2.75, 3.05) is 5.32 Å². The number of hydrogen-bond acceptors (Lipinski definition) is 3. The summed E-state index contributed by atoms with van der Waals surface area (Å²) in [6, 6.07) is 14.8. The van der Waals surface area contributed by atoms with Crippen LogP contribution >= 0.6 is 0 Å². The third-order valence-corrected chi connectivity index (χ3v) is 3.27. The Balaban J connectivity index is 2.21. The normalized spacial score (nSPS) is 11.7. The molecule has 2 aromatic rings. The van der Waals surface area contributed by atoms with E-state index in [0.717, 1.165) is 17.7 Å². The van der Waals surface area contributed by atoms with Gasteiger partial charge in [-0.3, -0.25) is 10.1 Å². The largest absolute Gasteiger partial charge is 0.378 e. The molecule has 0 fully saturated rings. The number of hydrogen-bond donors (Lipinski definition) is 1. The maximum Gasteiger partial charge on any atom is 0.269 e. The van der Waals surface area contributed by atoms with Gasteiger partial charge in [-0.1, -0.05) is 30.3 Å². The van der Waals surface area contributed by atoms with Gasteiger partial charge in [0.2, 0.25) is 0 Å². The minimum absolute atomic E-state index is 0.0464. The number of aryl methyl sites for hydroxylation is 1. The number of nitro benzene ring substituents is 1. The van der Waals surface area contributed by atoms with E-state index in [-0.39, 0.29) is 16.7 Å². The highest BCUT2D eigenvalue weighted by molar-refractivity contribution is 5.48. The number of nitrogens with one attached hydrogen (secondary N) is 1. The Labute approximate surface area is 124 Å². The van der Waals surface area contributed by atoms with Crippen LogP contribution in [0.2, 0.25) is 0 Å². The van der Waals surface area contributed by atoms with Crippen LogP contribution in [0.1, 0.15) is 23.6 Å². The first-order chi connectivity index (χ1) is 10.1. The van der Waals surface area contributed by atoms with Crippen LogP contribution in [0.4, 0.5) is 11.4 Å². The van der Waals surface area contributed by atoms with Gasteiger partial charge < -0.3 is 5.32 Å². The molecule has 2 aromatic carbocycles. The smallest absolute Gasteiger partial charge is 0.269 e. The zero-order valence-corrected chi connectivity index (χ0v) is 12.0. The van der Waals surface area contributed by atoms with Crippen molar-refractivity contribution < 1.29 is 4.92 Å². The monoisotopic (exact) mass is 282 g/mol. The molecule has 1 N–H and O–H groups in total. The summed E-state index contributed by atoms with van der Waals surface area (Å²) in [6.45, 7) is 5.82. The average molecular weight is 282 g/mol. The van der Waals surface area contributed by atoms with Crippen molar-refractivity contribution >= 4 is 11.4 Å². The fraction of sp³-hybridized carbons (Fsp3) is 0.176. The molecule has 4 nitrogen and oxygen atoms in total. The molecule has 0 heterocycles. The van der Waals surface area contributed by atoms with E-state index in [1.807, 2.05) is 31.2 Å². The Kier molecular flexibility index (Phi) is 4.72. The van der Waals surface area contributed by atoms with Crippen LogP contribution < -0.4 is 5.32 Å². The van der Waals surface area contributed by atoms with Gasteiger partial charge in [0.05, 0.1) is 11.0 Å². The lowest BCUT2D eigenvalue weighted by atomic mass is 10.0. The molecule has 0 aliphatic rings. The standard InChI is InChI=1S/C17H18N2O2/c1-3-5-17(18-15-7-4-6-13(2)12-15)14-8-10-16(11-9-14)19(20)21/h3-4,6-12,17-18H,1,5H2,2H3. The molecule has 0 radical (unpaired) electrons. The summed E-state index contributed by atoms with van der Waals surface area (Å²) in [5.41, 5.74) is 3.31. The fourth-order valence-electron chi connectivity index (χ4n) is 2.21. The number of anilines is 1. The van der Waals surface area contributed by atoms with Crippen LogP contribution in [-0.2, 0) is 0 Å². The van der Waals surface area contributed by atoms with Gasteiger partial charge in [0.1, 0.15) is 0 Å². The quantitative estimate of drug-likeness (QED) is 0.477. The minimum Gasteiger partial charge on any atom is -0.378 e. The Morgan fingerprint density at radius 1 is 1.29 bits per heavy atom.